The van der Waals surface area contributed by atoms with Gasteiger partial charge in [-0.05, 0) is 67.3 Å². The van der Waals surface area contributed by atoms with E-state index in [0.717, 1.165) is 44.9 Å². The zero-order valence-electron chi connectivity index (χ0n) is 18.1. The van der Waals surface area contributed by atoms with Gasteiger partial charge in [-0.25, -0.2) is 0 Å². The monoisotopic (exact) mass is 406 g/mol. The van der Waals surface area contributed by atoms with Gasteiger partial charge in [-0.2, -0.15) is 0 Å². The van der Waals surface area contributed by atoms with Crippen LogP contribution in [-0.2, 0) is 6.42 Å². The van der Waals surface area contributed by atoms with Gasteiger partial charge in [0.1, 0.15) is 22.3 Å². The molecule has 0 saturated heterocycles. The van der Waals surface area contributed by atoms with Gasteiger partial charge in [-0.15, -0.1) is 0 Å². The number of benzene rings is 4. The number of unbranched alkanes of at least 4 members (excludes halogenated alkanes) is 3. The van der Waals surface area contributed by atoms with E-state index in [1.54, 1.807) is 0 Å². The minimum Gasteiger partial charge on any atom is -0.455 e. The van der Waals surface area contributed by atoms with E-state index in [2.05, 4.69) is 74.5 Å². The van der Waals surface area contributed by atoms with Crippen LogP contribution >= 0.6 is 0 Å². The fourth-order valence-electron chi connectivity index (χ4n) is 4.94. The predicted octanol–water partition coefficient (Wildman–Crippen LogP) is 9.07. The standard InChI is InChI=1S/C29H26O2/c1-3-4-5-6-7-19-9-11-21-23-13-15-24-25(29(23)31-27(21)17-19)14-12-22-20-10-8-18(2)16-26(20)30-28(22)24/h8-17H,3-7H2,1-2H3. The van der Waals surface area contributed by atoms with Gasteiger partial charge in [0.05, 0.1) is 0 Å². The Morgan fingerprint density at radius 3 is 1.77 bits per heavy atom. The second-order valence-electron chi connectivity index (χ2n) is 8.82. The van der Waals surface area contributed by atoms with Crippen LogP contribution in [0.15, 0.2) is 69.5 Å². The first-order chi connectivity index (χ1) is 15.2. The Kier molecular flexibility index (Phi) is 4.27. The van der Waals surface area contributed by atoms with Gasteiger partial charge in [0.25, 0.3) is 0 Å². The molecule has 31 heavy (non-hydrogen) atoms. The van der Waals surface area contributed by atoms with Gasteiger partial charge < -0.3 is 8.83 Å². The SMILES string of the molecule is CCCCCCc1ccc2c(c1)oc1c2ccc2c1ccc1c3ccc(C)cc3oc12. The molecule has 0 atom stereocenters. The maximum absolute atomic E-state index is 6.43. The van der Waals surface area contributed by atoms with Crippen LogP contribution in [0.1, 0.15) is 43.7 Å². The van der Waals surface area contributed by atoms with E-state index in [0.29, 0.717) is 0 Å². The lowest BCUT2D eigenvalue weighted by molar-refractivity contribution is 0.660. The van der Waals surface area contributed by atoms with Crippen LogP contribution in [0, 0.1) is 6.92 Å². The summed E-state index contributed by atoms with van der Waals surface area (Å²) in [5.74, 6) is 0. The molecule has 0 aliphatic rings. The molecule has 4 aromatic carbocycles. The van der Waals surface area contributed by atoms with Crippen molar-refractivity contribution in [1.29, 1.82) is 0 Å². The summed E-state index contributed by atoms with van der Waals surface area (Å²) >= 11 is 0. The lowest BCUT2D eigenvalue weighted by Crippen LogP contribution is -1.85. The highest BCUT2D eigenvalue weighted by Crippen LogP contribution is 2.39. The van der Waals surface area contributed by atoms with Gasteiger partial charge in [0.2, 0.25) is 0 Å². The van der Waals surface area contributed by atoms with Gasteiger partial charge in [-0.1, -0.05) is 50.5 Å². The fraction of sp³-hybridized carbons (Fsp3) is 0.241. The smallest absolute Gasteiger partial charge is 0.143 e. The molecule has 0 bridgehead atoms. The number of furan rings is 2. The van der Waals surface area contributed by atoms with E-state index in [1.165, 1.54) is 53.0 Å². The molecular formula is C29H26O2. The first-order valence-corrected chi connectivity index (χ1v) is 11.4. The first kappa shape index (κ1) is 18.5. The summed E-state index contributed by atoms with van der Waals surface area (Å²) in [5.41, 5.74) is 6.39. The van der Waals surface area contributed by atoms with E-state index < -0.39 is 0 Å². The quantitative estimate of drug-likeness (QED) is 0.267. The number of aryl methyl sites for hydroxylation is 2. The number of rotatable bonds is 5. The average Bonchev–Trinajstić information content (AvgIpc) is 3.33. The van der Waals surface area contributed by atoms with Crippen molar-refractivity contribution in [3.63, 3.8) is 0 Å². The van der Waals surface area contributed by atoms with E-state index in [4.69, 9.17) is 8.83 Å². The van der Waals surface area contributed by atoms with Crippen LogP contribution in [-0.4, -0.2) is 0 Å². The normalized spacial score (nSPS) is 12.2. The molecule has 154 valence electrons. The Morgan fingerprint density at radius 2 is 1.13 bits per heavy atom. The van der Waals surface area contributed by atoms with Crippen molar-refractivity contribution in [3.8, 4) is 0 Å². The van der Waals surface area contributed by atoms with Crippen LogP contribution < -0.4 is 0 Å². The summed E-state index contributed by atoms with van der Waals surface area (Å²) in [6.07, 6.45) is 6.24. The van der Waals surface area contributed by atoms with Gasteiger partial charge in [0.15, 0.2) is 0 Å². The van der Waals surface area contributed by atoms with Crippen LogP contribution in [0.2, 0.25) is 0 Å². The molecule has 0 fully saturated rings. The van der Waals surface area contributed by atoms with Crippen LogP contribution in [0.25, 0.3) is 54.6 Å². The zero-order chi connectivity index (χ0) is 20.9. The molecule has 2 heterocycles. The minimum absolute atomic E-state index is 0.942. The van der Waals surface area contributed by atoms with Crippen LogP contribution in [0.3, 0.4) is 0 Å². The molecule has 2 aromatic heterocycles. The van der Waals surface area contributed by atoms with E-state index in [1.807, 2.05) is 0 Å². The van der Waals surface area contributed by atoms with E-state index >= 15 is 0 Å². The molecule has 0 aliphatic carbocycles. The Bertz CT molecular complexity index is 1580. The molecule has 0 spiro atoms. The van der Waals surface area contributed by atoms with Crippen molar-refractivity contribution in [1.82, 2.24) is 0 Å². The van der Waals surface area contributed by atoms with Gasteiger partial charge in [-0.3, -0.25) is 0 Å². The third-order valence-electron chi connectivity index (χ3n) is 6.61. The summed E-state index contributed by atoms with van der Waals surface area (Å²) in [6.45, 7) is 4.35. The summed E-state index contributed by atoms with van der Waals surface area (Å²) in [6, 6.07) is 21.9. The lowest BCUT2D eigenvalue weighted by Gasteiger charge is -2.01. The maximum Gasteiger partial charge on any atom is 0.143 e. The molecule has 0 aliphatic heterocycles. The highest BCUT2D eigenvalue weighted by molar-refractivity contribution is 6.22. The maximum atomic E-state index is 6.43. The molecule has 2 heteroatoms. The molecule has 0 N–H and O–H groups in total. The number of fused-ring (bicyclic) bond motifs is 9. The van der Waals surface area contributed by atoms with E-state index in [-0.39, 0.29) is 0 Å². The van der Waals surface area contributed by atoms with Crippen molar-refractivity contribution < 1.29 is 8.83 Å². The molecule has 6 aromatic rings. The summed E-state index contributed by atoms with van der Waals surface area (Å²) in [7, 11) is 0. The summed E-state index contributed by atoms with van der Waals surface area (Å²) in [5, 5.41) is 6.91. The Morgan fingerprint density at radius 1 is 0.581 bits per heavy atom. The topological polar surface area (TPSA) is 26.3 Å². The zero-order valence-corrected chi connectivity index (χ0v) is 18.1. The van der Waals surface area contributed by atoms with Crippen molar-refractivity contribution >= 4 is 54.6 Å². The minimum atomic E-state index is 0.942. The Labute approximate surface area is 181 Å². The van der Waals surface area contributed by atoms with E-state index in [9.17, 15) is 0 Å². The largest absolute Gasteiger partial charge is 0.455 e. The molecule has 0 amide bonds. The molecule has 2 nitrogen and oxygen atoms in total. The van der Waals surface area contributed by atoms with Gasteiger partial charge in [0, 0.05) is 32.3 Å². The Hall–Kier alpha value is -3.26. The van der Waals surface area contributed by atoms with Gasteiger partial charge >= 0.3 is 0 Å². The second kappa shape index (κ2) is 7.16. The highest BCUT2D eigenvalue weighted by atomic mass is 16.3. The lowest BCUT2D eigenvalue weighted by atomic mass is 10.0. The summed E-state index contributed by atoms with van der Waals surface area (Å²) < 4.78 is 12.7. The molecule has 6 rings (SSSR count). The molecule has 0 unspecified atom stereocenters. The summed E-state index contributed by atoms with van der Waals surface area (Å²) in [4.78, 5) is 0. The first-order valence-electron chi connectivity index (χ1n) is 11.4. The molecule has 0 saturated carbocycles. The van der Waals surface area contributed by atoms with Crippen LogP contribution in [0.4, 0.5) is 0 Å². The predicted molar refractivity (Wildman–Crippen MR) is 131 cm³/mol. The van der Waals surface area contributed by atoms with Crippen LogP contribution in [0.5, 0.6) is 0 Å². The third-order valence-corrected chi connectivity index (χ3v) is 6.61. The molecular weight excluding hydrogens is 380 g/mol. The van der Waals surface area contributed by atoms with Crippen molar-refractivity contribution in [2.24, 2.45) is 0 Å². The average molecular weight is 407 g/mol. The second-order valence-corrected chi connectivity index (χ2v) is 8.82. The number of hydrogen-bond donors (Lipinski definition) is 0. The fourth-order valence-corrected chi connectivity index (χ4v) is 4.94. The highest BCUT2D eigenvalue weighted by Gasteiger charge is 2.15. The van der Waals surface area contributed by atoms with Crippen molar-refractivity contribution in [2.75, 3.05) is 0 Å². The van der Waals surface area contributed by atoms with Crippen molar-refractivity contribution in [2.45, 2.75) is 46.0 Å². The Balaban J connectivity index is 1.52. The number of hydrogen-bond acceptors (Lipinski definition) is 2. The van der Waals surface area contributed by atoms with Crippen molar-refractivity contribution in [3.05, 3.63) is 71.8 Å². The molecule has 0 radical (unpaired) electrons. The third kappa shape index (κ3) is 2.93.